The van der Waals surface area contributed by atoms with Crippen LogP contribution in [0.2, 0.25) is 0 Å². The van der Waals surface area contributed by atoms with Gasteiger partial charge in [-0.2, -0.15) is 12.6 Å². The van der Waals surface area contributed by atoms with Crippen LogP contribution in [0.4, 0.5) is 4.79 Å². The second-order valence-electron chi connectivity index (χ2n) is 3.67. The van der Waals surface area contributed by atoms with Gasteiger partial charge in [0, 0.05) is 12.2 Å². The second-order valence-corrected chi connectivity index (χ2v) is 4.12. The Bertz CT molecular complexity index is 296. The van der Waals surface area contributed by atoms with E-state index in [1.54, 1.807) is 6.92 Å². The number of alkyl carbamates (subject to hydrolysis) is 1. The van der Waals surface area contributed by atoms with E-state index in [9.17, 15) is 9.59 Å². The number of carbonyl (C=O) groups excluding carboxylic acids is 2. The summed E-state index contributed by atoms with van der Waals surface area (Å²) < 4.78 is 14.8. The molecule has 0 aromatic rings. The van der Waals surface area contributed by atoms with Crippen molar-refractivity contribution in [2.24, 2.45) is 0 Å². The molecule has 110 valence electrons. The summed E-state index contributed by atoms with van der Waals surface area (Å²) in [5.74, 6) is 0.289. The van der Waals surface area contributed by atoms with E-state index in [4.69, 9.17) is 14.2 Å². The van der Waals surface area contributed by atoms with Crippen LogP contribution in [-0.2, 0) is 19.0 Å². The fourth-order valence-corrected chi connectivity index (χ4v) is 1.06. The summed E-state index contributed by atoms with van der Waals surface area (Å²) in [6, 6.07) is 0. The third-order valence-electron chi connectivity index (χ3n) is 1.86. The molecule has 1 amide bonds. The first-order valence-corrected chi connectivity index (χ1v) is 6.63. The van der Waals surface area contributed by atoms with E-state index < -0.39 is 12.1 Å². The van der Waals surface area contributed by atoms with E-state index in [-0.39, 0.29) is 19.8 Å². The molecule has 0 aliphatic rings. The van der Waals surface area contributed by atoms with Crippen molar-refractivity contribution in [2.75, 3.05) is 38.7 Å². The van der Waals surface area contributed by atoms with E-state index in [0.29, 0.717) is 18.8 Å². The Morgan fingerprint density at radius 3 is 2.53 bits per heavy atom. The number of amides is 1. The van der Waals surface area contributed by atoms with Crippen molar-refractivity contribution < 1.29 is 23.8 Å². The van der Waals surface area contributed by atoms with Gasteiger partial charge >= 0.3 is 12.1 Å². The van der Waals surface area contributed by atoms with Crippen molar-refractivity contribution in [3.63, 3.8) is 0 Å². The van der Waals surface area contributed by atoms with E-state index in [0.717, 1.165) is 12.2 Å². The molecule has 0 aromatic heterocycles. The van der Waals surface area contributed by atoms with Gasteiger partial charge < -0.3 is 19.5 Å². The molecule has 0 aliphatic heterocycles. The molecule has 0 rings (SSSR count). The number of hydrogen-bond donors (Lipinski definition) is 2. The van der Waals surface area contributed by atoms with Crippen LogP contribution < -0.4 is 5.32 Å². The largest absolute Gasteiger partial charge is 0.460 e. The third kappa shape index (κ3) is 11.6. The molecule has 0 aromatic carbocycles. The van der Waals surface area contributed by atoms with E-state index in [1.165, 1.54) is 0 Å². The van der Waals surface area contributed by atoms with Crippen molar-refractivity contribution in [2.45, 2.75) is 13.3 Å². The van der Waals surface area contributed by atoms with Crippen LogP contribution in [0.15, 0.2) is 12.2 Å². The molecule has 0 saturated carbocycles. The lowest BCUT2D eigenvalue weighted by molar-refractivity contribution is -0.138. The van der Waals surface area contributed by atoms with E-state index in [1.807, 2.05) is 0 Å². The van der Waals surface area contributed by atoms with Gasteiger partial charge in [-0.1, -0.05) is 6.58 Å². The monoisotopic (exact) mass is 291 g/mol. The molecule has 0 radical (unpaired) electrons. The van der Waals surface area contributed by atoms with Gasteiger partial charge in [-0.05, 0) is 19.1 Å². The Balaban J connectivity index is 3.35. The molecule has 0 spiro atoms. The highest BCUT2D eigenvalue weighted by molar-refractivity contribution is 7.80. The summed E-state index contributed by atoms with van der Waals surface area (Å²) in [5, 5.41) is 2.44. The molecule has 0 bridgehead atoms. The summed E-state index contributed by atoms with van der Waals surface area (Å²) in [6.07, 6.45) is 0.299. The van der Waals surface area contributed by atoms with Crippen molar-refractivity contribution in [3.05, 3.63) is 12.2 Å². The fourth-order valence-electron chi connectivity index (χ4n) is 0.933. The number of carbonyl (C=O) groups is 2. The van der Waals surface area contributed by atoms with Gasteiger partial charge in [-0.15, -0.1) is 0 Å². The molecule has 0 atom stereocenters. The van der Waals surface area contributed by atoms with Crippen molar-refractivity contribution >= 4 is 24.7 Å². The molecule has 19 heavy (non-hydrogen) atoms. The van der Waals surface area contributed by atoms with Crippen LogP contribution in [-0.4, -0.2) is 50.8 Å². The summed E-state index contributed by atoms with van der Waals surface area (Å²) >= 11 is 4.04. The first-order valence-electron chi connectivity index (χ1n) is 5.99. The standard InChI is InChI=1S/C12H21NO5S/c1-10(2)11(14)17-6-4-13-12(15)18-8-7-16-5-3-9-19/h19H,1,3-9H2,2H3,(H,13,15). The Kier molecular flexibility index (Phi) is 11.1. The Labute approximate surface area is 118 Å². The normalized spacial score (nSPS) is 9.79. The Hall–Kier alpha value is -1.21. The molecular formula is C12H21NO5S. The highest BCUT2D eigenvalue weighted by Gasteiger charge is 2.04. The van der Waals surface area contributed by atoms with Crippen LogP contribution in [0.1, 0.15) is 13.3 Å². The zero-order valence-electron chi connectivity index (χ0n) is 11.1. The van der Waals surface area contributed by atoms with Crippen LogP contribution in [0.3, 0.4) is 0 Å². The summed E-state index contributed by atoms with van der Waals surface area (Å²) in [6.45, 7) is 6.40. The zero-order chi connectivity index (χ0) is 14.5. The lowest BCUT2D eigenvalue weighted by Gasteiger charge is -2.08. The molecule has 0 heterocycles. The molecule has 0 aliphatic carbocycles. The van der Waals surface area contributed by atoms with Crippen molar-refractivity contribution in [1.29, 1.82) is 0 Å². The maximum atomic E-state index is 11.2. The molecule has 0 saturated heterocycles. The highest BCUT2D eigenvalue weighted by Crippen LogP contribution is 1.91. The van der Waals surface area contributed by atoms with Crippen LogP contribution in [0, 0.1) is 0 Å². The number of ether oxygens (including phenoxy) is 3. The van der Waals surface area contributed by atoms with Gasteiger partial charge in [-0.3, -0.25) is 0 Å². The zero-order valence-corrected chi connectivity index (χ0v) is 12.0. The number of rotatable bonds is 10. The van der Waals surface area contributed by atoms with Crippen LogP contribution in [0.5, 0.6) is 0 Å². The highest BCUT2D eigenvalue weighted by atomic mass is 32.1. The third-order valence-corrected chi connectivity index (χ3v) is 2.18. The lowest BCUT2D eigenvalue weighted by atomic mass is 10.4. The topological polar surface area (TPSA) is 73.9 Å². The van der Waals surface area contributed by atoms with Crippen LogP contribution in [0.25, 0.3) is 0 Å². The fraction of sp³-hybridized carbons (Fsp3) is 0.667. The van der Waals surface area contributed by atoms with E-state index >= 15 is 0 Å². The number of hydrogen-bond acceptors (Lipinski definition) is 6. The molecule has 6 nitrogen and oxygen atoms in total. The minimum absolute atomic E-state index is 0.0826. The number of esters is 1. The molecule has 0 unspecified atom stereocenters. The van der Waals surface area contributed by atoms with Gasteiger partial charge in [0.25, 0.3) is 0 Å². The molecule has 0 fully saturated rings. The Morgan fingerprint density at radius 1 is 1.16 bits per heavy atom. The van der Waals surface area contributed by atoms with Crippen molar-refractivity contribution in [3.8, 4) is 0 Å². The number of thiol groups is 1. The predicted octanol–water partition coefficient (Wildman–Crippen LogP) is 1.17. The summed E-state index contributed by atoms with van der Waals surface area (Å²) in [7, 11) is 0. The Morgan fingerprint density at radius 2 is 1.89 bits per heavy atom. The van der Waals surface area contributed by atoms with Crippen LogP contribution >= 0.6 is 12.6 Å². The maximum absolute atomic E-state index is 11.2. The van der Waals surface area contributed by atoms with Gasteiger partial charge in [0.05, 0.1) is 13.2 Å². The summed E-state index contributed by atoms with van der Waals surface area (Å²) in [5.41, 5.74) is 0.320. The van der Waals surface area contributed by atoms with E-state index in [2.05, 4.69) is 24.5 Å². The average molecular weight is 291 g/mol. The first kappa shape index (κ1) is 17.8. The van der Waals surface area contributed by atoms with Gasteiger partial charge in [-0.25, -0.2) is 9.59 Å². The van der Waals surface area contributed by atoms with Gasteiger partial charge in [0.1, 0.15) is 13.2 Å². The predicted molar refractivity (Wildman–Crippen MR) is 74.4 cm³/mol. The molecule has 7 heteroatoms. The molecular weight excluding hydrogens is 270 g/mol. The smallest absolute Gasteiger partial charge is 0.407 e. The van der Waals surface area contributed by atoms with Crippen molar-refractivity contribution in [1.82, 2.24) is 5.32 Å². The quantitative estimate of drug-likeness (QED) is 0.273. The lowest BCUT2D eigenvalue weighted by Crippen LogP contribution is -2.29. The average Bonchev–Trinajstić information content (AvgIpc) is 2.38. The number of nitrogens with one attached hydrogen (secondary N) is 1. The minimum Gasteiger partial charge on any atom is -0.460 e. The van der Waals surface area contributed by atoms with Gasteiger partial charge in [0.2, 0.25) is 0 Å². The minimum atomic E-state index is -0.566. The SMILES string of the molecule is C=C(C)C(=O)OCCNC(=O)OCCOCCCS. The summed E-state index contributed by atoms with van der Waals surface area (Å²) in [4.78, 5) is 22.1. The second kappa shape index (κ2) is 11.9. The first-order chi connectivity index (χ1) is 9.07. The molecule has 1 N–H and O–H groups in total. The maximum Gasteiger partial charge on any atom is 0.407 e. The van der Waals surface area contributed by atoms with Gasteiger partial charge in [0.15, 0.2) is 0 Å².